The Hall–Kier alpha value is -0.630. The third kappa shape index (κ3) is 2.28. The summed E-state index contributed by atoms with van der Waals surface area (Å²) in [5.41, 5.74) is 0.343. The lowest BCUT2D eigenvalue weighted by Crippen LogP contribution is -2.56. The van der Waals surface area contributed by atoms with E-state index in [2.05, 4.69) is 19.6 Å². The van der Waals surface area contributed by atoms with Crippen LogP contribution in [0.2, 0.25) is 0 Å². The largest absolute Gasteiger partial charge is 0.393 e. The Morgan fingerprint density at radius 3 is 2.60 bits per heavy atom. The molecule has 0 heterocycles. The Morgan fingerprint density at radius 1 is 1.12 bits per heavy atom. The third-order valence-electron chi connectivity index (χ3n) is 9.51. The van der Waals surface area contributed by atoms with E-state index >= 15 is 0 Å². The van der Waals surface area contributed by atoms with Gasteiger partial charge in [0.25, 0.3) is 0 Å². The summed E-state index contributed by atoms with van der Waals surface area (Å²) >= 11 is 0. The maximum atomic E-state index is 12.8. The molecule has 0 spiro atoms. The van der Waals surface area contributed by atoms with Crippen LogP contribution in [0.15, 0.2) is 12.7 Å². The molecule has 0 saturated heterocycles. The first-order valence-electron chi connectivity index (χ1n) is 10.8. The zero-order valence-electron chi connectivity index (χ0n) is 16.2. The van der Waals surface area contributed by atoms with Crippen molar-refractivity contribution in [3.05, 3.63) is 12.7 Å². The van der Waals surface area contributed by atoms with Crippen LogP contribution in [0.3, 0.4) is 0 Å². The Morgan fingerprint density at radius 2 is 1.92 bits per heavy atom. The molecule has 1 N–H and O–H groups in total. The van der Waals surface area contributed by atoms with Crippen LogP contribution in [0.1, 0.15) is 78.1 Å². The van der Waals surface area contributed by atoms with Crippen molar-refractivity contribution in [3.8, 4) is 0 Å². The smallest absolute Gasteiger partial charge is 0.136 e. The van der Waals surface area contributed by atoms with Crippen molar-refractivity contribution in [3.63, 3.8) is 0 Å². The van der Waals surface area contributed by atoms with E-state index in [1.54, 1.807) is 0 Å². The van der Waals surface area contributed by atoms with Gasteiger partial charge in [0.15, 0.2) is 0 Å². The van der Waals surface area contributed by atoms with Crippen molar-refractivity contribution in [2.24, 2.45) is 40.4 Å². The van der Waals surface area contributed by atoms with Gasteiger partial charge < -0.3 is 5.11 Å². The fraction of sp³-hybridized carbons (Fsp3) is 0.870. The molecule has 2 nitrogen and oxygen atoms in total. The molecule has 0 amide bonds. The number of allylic oxidation sites excluding steroid dienone is 1. The normalized spacial score (nSPS) is 52.0. The molecule has 0 aromatic rings. The van der Waals surface area contributed by atoms with Gasteiger partial charge in [-0.3, -0.25) is 4.79 Å². The molecule has 4 aliphatic rings. The number of aliphatic hydroxyl groups excluding tert-OH is 1. The van der Waals surface area contributed by atoms with Gasteiger partial charge in [0, 0.05) is 5.41 Å². The van der Waals surface area contributed by atoms with Crippen molar-refractivity contribution in [1.82, 2.24) is 0 Å². The quantitative estimate of drug-likeness (QED) is 0.719. The molecule has 0 unspecified atom stereocenters. The highest BCUT2D eigenvalue weighted by atomic mass is 16.3. The summed E-state index contributed by atoms with van der Waals surface area (Å²) in [6.45, 7) is 8.33. The van der Waals surface area contributed by atoms with Gasteiger partial charge in [-0.1, -0.05) is 13.0 Å². The number of aliphatic hydroxyl groups is 1. The molecule has 0 aromatic heterocycles. The zero-order valence-corrected chi connectivity index (χ0v) is 16.2. The average Bonchev–Trinajstić information content (AvgIpc) is 3.01. The summed E-state index contributed by atoms with van der Waals surface area (Å²) in [6.07, 6.45) is 13.8. The third-order valence-corrected chi connectivity index (χ3v) is 9.51. The summed E-state index contributed by atoms with van der Waals surface area (Å²) in [4.78, 5) is 12.8. The lowest BCUT2D eigenvalue weighted by atomic mass is 9.43. The number of hydrogen-bond acceptors (Lipinski definition) is 2. The van der Waals surface area contributed by atoms with E-state index < -0.39 is 0 Å². The number of carbonyl (C=O) groups excluding carboxylic acids is 1. The Labute approximate surface area is 153 Å². The number of ketones is 1. The van der Waals surface area contributed by atoms with Gasteiger partial charge in [-0.15, -0.1) is 6.58 Å². The fourth-order valence-electron chi connectivity index (χ4n) is 8.48. The Kier molecular flexibility index (Phi) is 4.42. The van der Waals surface area contributed by atoms with E-state index in [4.69, 9.17) is 0 Å². The first-order valence-corrected chi connectivity index (χ1v) is 10.8. The van der Waals surface area contributed by atoms with Crippen LogP contribution in [0.5, 0.6) is 0 Å². The summed E-state index contributed by atoms with van der Waals surface area (Å²) in [5, 5.41) is 10.2. The molecule has 8 atom stereocenters. The number of Topliss-reactive ketones (excluding diaryl/α,β-unsaturated/α-hetero) is 1. The minimum atomic E-state index is -0.0983. The van der Waals surface area contributed by atoms with Crippen LogP contribution in [0.4, 0.5) is 0 Å². The lowest BCUT2D eigenvalue weighted by molar-refractivity contribution is -0.155. The minimum absolute atomic E-state index is 0.0715. The first-order chi connectivity index (χ1) is 12.0. The fourth-order valence-corrected chi connectivity index (χ4v) is 8.48. The van der Waals surface area contributed by atoms with E-state index in [9.17, 15) is 9.90 Å². The molecule has 0 bridgehead atoms. The standard InChI is InChI=1S/C23H36O2/c1-4-16-7-9-21-19-8-6-17-14-18(25)10-12-22(17,5-2)20(19)11-13-23(16,21)15(3)24/h4,16-21,25H,1,5-14H2,2-3H3/t16-,17-,18+,19+,20-,21-,22-,23-/m0/s1. The number of fused-ring (bicyclic) bond motifs is 5. The molecule has 140 valence electrons. The molecule has 25 heavy (non-hydrogen) atoms. The van der Waals surface area contributed by atoms with Gasteiger partial charge in [-0.2, -0.15) is 0 Å². The molecule has 0 aliphatic heterocycles. The molecule has 2 heteroatoms. The second-order valence-electron chi connectivity index (χ2n) is 9.72. The average molecular weight is 345 g/mol. The van der Waals surface area contributed by atoms with Crippen molar-refractivity contribution < 1.29 is 9.90 Å². The number of hydrogen-bond donors (Lipinski definition) is 1. The SMILES string of the molecule is C=C[C@H]1CC[C@H]2[C@@H]3CC[C@H]4C[C@H](O)CC[C@]4(CC)[C@H]3CC[C@]12C(C)=O. The summed E-state index contributed by atoms with van der Waals surface area (Å²) in [6, 6.07) is 0. The van der Waals surface area contributed by atoms with E-state index in [1.807, 2.05) is 6.92 Å². The highest BCUT2D eigenvalue weighted by molar-refractivity contribution is 5.84. The first kappa shape index (κ1) is 17.8. The van der Waals surface area contributed by atoms with Crippen LogP contribution >= 0.6 is 0 Å². The maximum Gasteiger partial charge on any atom is 0.136 e. The van der Waals surface area contributed by atoms with Gasteiger partial charge in [0.05, 0.1) is 6.10 Å². The molecule has 4 saturated carbocycles. The highest BCUT2D eigenvalue weighted by Crippen LogP contribution is 2.68. The minimum Gasteiger partial charge on any atom is -0.393 e. The summed E-state index contributed by atoms with van der Waals surface area (Å²) in [5.74, 6) is 3.65. The molecule has 4 fully saturated rings. The van der Waals surface area contributed by atoms with Gasteiger partial charge in [0.2, 0.25) is 0 Å². The summed E-state index contributed by atoms with van der Waals surface area (Å²) < 4.78 is 0. The monoisotopic (exact) mass is 344 g/mol. The predicted octanol–water partition coefficient (Wildman–Crippen LogP) is 5.15. The zero-order chi connectivity index (χ0) is 17.8. The second kappa shape index (κ2) is 6.22. The van der Waals surface area contributed by atoms with E-state index in [0.29, 0.717) is 29.0 Å². The summed E-state index contributed by atoms with van der Waals surface area (Å²) in [7, 11) is 0. The van der Waals surface area contributed by atoms with Crippen LogP contribution in [0, 0.1) is 40.4 Å². The lowest BCUT2D eigenvalue weighted by Gasteiger charge is -2.62. The van der Waals surface area contributed by atoms with Crippen LogP contribution < -0.4 is 0 Å². The topological polar surface area (TPSA) is 37.3 Å². The molecule has 4 aliphatic carbocycles. The van der Waals surface area contributed by atoms with Crippen molar-refractivity contribution in [2.45, 2.75) is 84.2 Å². The van der Waals surface area contributed by atoms with Crippen molar-refractivity contribution >= 4 is 5.78 Å². The van der Waals surface area contributed by atoms with Crippen LogP contribution in [0.25, 0.3) is 0 Å². The Balaban J connectivity index is 1.69. The predicted molar refractivity (Wildman–Crippen MR) is 101 cm³/mol. The Bertz CT molecular complexity index is 554. The van der Waals surface area contributed by atoms with E-state index in [-0.39, 0.29) is 11.5 Å². The molecule has 4 rings (SSSR count). The van der Waals surface area contributed by atoms with Crippen molar-refractivity contribution in [2.75, 3.05) is 0 Å². The van der Waals surface area contributed by atoms with E-state index in [1.165, 1.54) is 38.5 Å². The van der Waals surface area contributed by atoms with Crippen LogP contribution in [-0.2, 0) is 4.79 Å². The molecule has 0 aromatic carbocycles. The van der Waals surface area contributed by atoms with Gasteiger partial charge in [-0.25, -0.2) is 0 Å². The molecule has 0 radical (unpaired) electrons. The molecular formula is C23H36O2. The number of carbonyl (C=O) groups is 1. The van der Waals surface area contributed by atoms with Crippen molar-refractivity contribution in [1.29, 1.82) is 0 Å². The van der Waals surface area contributed by atoms with Gasteiger partial charge >= 0.3 is 0 Å². The molecular weight excluding hydrogens is 308 g/mol. The van der Waals surface area contributed by atoms with Gasteiger partial charge in [0.1, 0.15) is 5.78 Å². The van der Waals surface area contributed by atoms with Crippen LogP contribution in [-0.4, -0.2) is 17.0 Å². The second-order valence-corrected chi connectivity index (χ2v) is 9.72. The van der Waals surface area contributed by atoms with Gasteiger partial charge in [-0.05, 0) is 106 Å². The maximum absolute atomic E-state index is 12.8. The van der Waals surface area contributed by atoms with E-state index in [0.717, 1.165) is 37.5 Å². The number of rotatable bonds is 3. The highest BCUT2D eigenvalue weighted by Gasteiger charge is 2.63.